The smallest absolute Gasteiger partial charge is 0.245 e. The number of hydrogen-bond donors (Lipinski definition) is 1. The highest BCUT2D eigenvalue weighted by Crippen LogP contribution is 2.19. The van der Waals surface area contributed by atoms with Gasteiger partial charge in [-0.1, -0.05) is 36.9 Å². The van der Waals surface area contributed by atoms with Crippen LogP contribution in [0.15, 0.2) is 43.0 Å². The summed E-state index contributed by atoms with van der Waals surface area (Å²) in [4.78, 5) is 41.1. The maximum atomic E-state index is 13.0. The zero-order chi connectivity index (χ0) is 19.9. The summed E-state index contributed by atoms with van der Waals surface area (Å²) < 4.78 is 0. The molecule has 6 nitrogen and oxygen atoms in total. The molecule has 0 saturated carbocycles. The quantitative estimate of drug-likeness (QED) is 0.761. The van der Waals surface area contributed by atoms with E-state index in [0.29, 0.717) is 32.4 Å². The average Bonchev–Trinajstić information content (AvgIpc) is 3.28. The van der Waals surface area contributed by atoms with Gasteiger partial charge in [-0.25, -0.2) is 0 Å². The predicted molar refractivity (Wildman–Crippen MR) is 107 cm³/mol. The fraction of sp³-hybridized carbons (Fsp3) is 0.500. The molecule has 2 heterocycles. The number of amides is 3. The molecular formula is C22H29N3O3. The minimum absolute atomic E-state index is 0.00831. The SMILES string of the molecule is C=CC(=O)N1CCC(C(=O)NC(Cc2ccccc2)C(=O)N2CCCC2)CC1. The Kier molecular flexibility index (Phi) is 6.85. The molecule has 2 saturated heterocycles. The van der Waals surface area contributed by atoms with Gasteiger partial charge in [0.25, 0.3) is 0 Å². The lowest BCUT2D eigenvalue weighted by Gasteiger charge is -2.32. The second kappa shape index (κ2) is 9.53. The van der Waals surface area contributed by atoms with E-state index >= 15 is 0 Å². The normalized spacial score (nSPS) is 18.6. The van der Waals surface area contributed by atoms with Crippen molar-refractivity contribution in [2.75, 3.05) is 26.2 Å². The zero-order valence-corrected chi connectivity index (χ0v) is 16.3. The van der Waals surface area contributed by atoms with E-state index in [2.05, 4.69) is 11.9 Å². The molecule has 2 aliphatic rings. The third-order valence-corrected chi connectivity index (χ3v) is 5.67. The van der Waals surface area contributed by atoms with E-state index in [4.69, 9.17) is 0 Å². The highest BCUT2D eigenvalue weighted by atomic mass is 16.2. The highest BCUT2D eigenvalue weighted by molar-refractivity contribution is 5.89. The maximum Gasteiger partial charge on any atom is 0.245 e. The van der Waals surface area contributed by atoms with Gasteiger partial charge in [-0.15, -0.1) is 0 Å². The number of piperidine rings is 1. The fourth-order valence-electron chi connectivity index (χ4n) is 3.99. The first kappa shape index (κ1) is 20.1. The van der Waals surface area contributed by atoms with Gasteiger partial charge in [0.1, 0.15) is 6.04 Å². The Morgan fingerprint density at radius 3 is 2.29 bits per heavy atom. The lowest BCUT2D eigenvalue weighted by Crippen LogP contribution is -2.51. The molecule has 2 aliphatic heterocycles. The third kappa shape index (κ3) is 5.00. The van der Waals surface area contributed by atoms with Crippen LogP contribution in [0.25, 0.3) is 0 Å². The third-order valence-electron chi connectivity index (χ3n) is 5.67. The Balaban J connectivity index is 1.63. The van der Waals surface area contributed by atoms with Crippen LogP contribution in [0, 0.1) is 5.92 Å². The van der Waals surface area contributed by atoms with Crippen LogP contribution in [0.2, 0.25) is 0 Å². The number of nitrogens with one attached hydrogen (secondary N) is 1. The molecule has 0 radical (unpaired) electrons. The number of hydrogen-bond acceptors (Lipinski definition) is 3. The van der Waals surface area contributed by atoms with Gasteiger partial charge in [-0.05, 0) is 37.3 Å². The second-order valence-electron chi connectivity index (χ2n) is 7.59. The van der Waals surface area contributed by atoms with Crippen molar-refractivity contribution in [1.82, 2.24) is 15.1 Å². The molecule has 1 unspecified atom stereocenters. The van der Waals surface area contributed by atoms with Crippen LogP contribution in [0.4, 0.5) is 0 Å². The Bertz CT molecular complexity index is 705. The van der Waals surface area contributed by atoms with Gasteiger partial charge in [0.15, 0.2) is 0 Å². The van der Waals surface area contributed by atoms with Crippen molar-refractivity contribution in [2.24, 2.45) is 5.92 Å². The zero-order valence-electron chi connectivity index (χ0n) is 16.3. The molecule has 1 aromatic carbocycles. The van der Waals surface area contributed by atoms with E-state index < -0.39 is 6.04 Å². The first-order valence-corrected chi connectivity index (χ1v) is 10.1. The van der Waals surface area contributed by atoms with Gasteiger partial charge < -0.3 is 15.1 Å². The molecule has 28 heavy (non-hydrogen) atoms. The van der Waals surface area contributed by atoms with Crippen LogP contribution in [0.1, 0.15) is 31.2 Å². The number of benzene rings is 1. The average molecular weight is 383 g/mol. The first-order valence-electron chi connectivity index (χ1n) is 10.1. The summed E-state index contributed by atoms with van der Waals surface area (Å²) in [6.45, 7) is 6.14. The lowest BCUT2D eigenvalue weighted by molar-refractivity contribution is -0.137. The number of carbonyl (C=O) groups is 3. The Morgan fingerprint density at radius 2 is 1.68 bits per heavy atom. The largest absolute Gasteiger partial charge is 0.344 e. The summed E-state index contributed by atoms with van der Waals surface area (Å²) in [5.41, 5.74) is 1.03. The van der Waals surface area contributed by atoms with E-state index in [0.717, 1.165) is 31.5 Å². The van der Waals surface area contributed by atoms with Crippen molar-refractivity contribution in [3.63, 3.8) is 0 Å². The fourth-order valence-corrected chi connectivity index (χ4v) is 3.99. The molecule has 2 fully saturated rings. The van der Waals surface area contributed by atoms with Crippen LogP contribution >= 0.6 is 0 Å². The number of likely N-dealkylation sites (tertiary alicyclic amines) is 2. The van der Waals surface area contributed by atoms with Crippen molar-refractivity contribution in [3.8, 4) is 0 Å². The minimum Gasteiger partial charge on any atom is -0.344 e. The van der Waals surface area contributed by atoms with Crippen molar-refractivity contribution >= 4 is 17.7 Å². The van der Waals surface area contributed by atoms with Crippen molar-refractivity contribution in [2.45, 2.75) is 38.1 Å². The number of carbonyl (C=O) groups excluding carboxylic acids is 3. The van der Waals surface area contributed by atoms with E-state index in [1.165, 1.54) is 6.08 Å². The van der Waals surface area contributed by atoms with Gasteiger partial charge in [0.05, 0.1) is 0 Å². The van der Waals surface area contributed by atoms with E-state index in [9.17, 15) is 14.4 Å². The first-order chi connectivity index (χ1) is 13.6. The molecule has 6 heteroatoms. The molecule has 150 valence electrons. The van der Waals surface area contributed by atoms with E-state index in [1.807, 2.05) is 35.2 Å². The van der Waals surface area contributed by atoms with Crippen LogP contribution in [0.5, 0.6) is 0 Å². The summed E-state index contributed by atoms with van der Waals surface area (Å²) in [6, 6.07) is 9.26. The molecule has 3 rings (SSSR count). The summed E-state index contributed by atoms with van der Waals surface area (Å²) in [5.74, 6) is -0.336. The van der Waals surface area contributed by atoms with Crippen molar-refractivity contribution in [3.05, 3.63) is 48.6 Å². The molecule has 0 bridgehead atoms. The van der Waals surface area contributed by atoms with Gasteiger partial charge in [-0.2, -0.15) is 0 Å². The van der Waals surface area contributed by atoms with Gasteiger partial charge in [-0.3, -0.25) is 14.4 Å². The maximum absolute atomic E-state index is 13.0. The number of rotatable bonds is 6. The van der Waals surface area contributed by atoms with Gasteiger partial charge >= 0.3 is 0 Å². The van der Waals surface area contributed by atoms with Gasteiger partial charge in [0.2, 0.25) is 17.7 Å². The standard InChI is InChI=1S/C22H29N3O3/c1-2-20(26)24-14-10-18(11-15-24)21(27)23-19(16-17-8-4-3-5-9-17)22(28)25-12-6-7-13-25/h2-5,8-9,18-19H,1,6-7,10-16H2,(H,23,27). The van der Waals surface area contributed by atoms with Crippen LogP contribution in [0.3, 0.4) is 0 Å². The lowest BCUT2D eigenvalue weighted by atomic mass is 9.94. The van der Waals surface area contributed by atoms with Crippen LogP contribution < -0.4 is 5.32 Å². The topological polar surface area (TPSA) is 69.7 Å². The number of nitrogens with zero attached hydrogens (tertiary/aromatic N) is 2. The molecular weight excluding hydrogens is 354 g/mol. The predicted octanol–water partition coefficient (Wildman–Crippen LogP) is 1.76. The molecule has 1 aromatic rings. The Morgan fingerprint density at radius 1 is 1.04 bits per heavy atom. The van der Waals surface area contributed by atoms with Crippen molar-refractivity contribution < 1.29 is 14.4 Å². The summed E-state index contributed by atoms with van der Waals surface area (Å²) in [6.07, 6.45) is 5.07. The van der Waals surface area contributed by atoms with E-state index in [1.54, 1.807) is 4.90 Å². The summed E-state index contributed by atoms with van der Waals surface area (Å²) in [5, 5.41) is 3.02. The van der Waals surface area contributed by atoms with Crippen molar-refractivity contribution in [1.29, 1.82) is 0 Å². The molecule has 0 spiro atoms. The molecule has 1 atom stereocenters. The van der Waals surface area contributed by atoms with Crippen LogP contribution in [-0.4, -0.2) is 59.7 Å². The summed E-state index contributed by atoms with van der Waals surface area (Å²) >= 11 is 0. The second-order valence-corrected chi connectivity index (χ2v) is 7.59. The van der Waals surface area contributed by atoms with Crippen LogP contribution in [-0.2, 0) is 20.8 Å². The highest BCUT2D eigenvalue weighted by Gasteiger charge is 2.32. The molecule has 3 amide bonds. The van der Waals surface area contributed by atoms with E-state index in [-0.39, 0.29) is 23.6 Å². The summed E-state index contributed by atoms with van der Waals surface area (Å²) in [7, 11) is 0. The monoisotopic (exact) mass is 383 g/mol. The Labute approximate surface area is 166 Å². The minimum atomic E-state index is -0.541. The molecule has 1 N–H and O–H groups in total. The van der Waals surface area contributed by atoms with Gasteiger partial charge in [0, 0.05) is 38.5 Å². The molecule has 0 aliphatic carbocycles. The molecule has 0 aromatic heterocycles. The Hall–Kier alpha value is -2.63.